The topological polar surface area (TPSA) is 60.0 Å². The highest BCUT2D eigenvalue weighted by molar-refractivity contribution is 14.0. The maximum absolute atomic E-state index is 11.9. The van der Waals surface area contributed by atoms with Crippen LogP contribution in [0.5, 0.6) is 0 Å². The van der Waals surface area contributed by atoms with Crippen molar-refractivity contribution in [3.8, 4) is 0 Å². The fourth-order valence-corrected chi connectivity index (χ4v) is 3.18. The van der Waals surface area contributed by atoms with Gasteiger partial charge in [0.25, 0.3) is 0 Å². The molecule has 1 amide bonds. The summed E-state index contributed by atoms with van der Waals surface area (Å²) in [6, 6.07) is 10.8. The second kappa shape index (κ2) is 13.1. The van der Waals surface area contributed by atoms with Crippen molar-refractivity contribution in [3.05, 3.63) is 30.3 Å². The van der Waals surface area contributed by atoms with Crippen LogP contribution in [0.25, 0.3) is 0 Å². The quantitative estimate of drug-likeness (QED) is 0.258. The van der Waals surface area contributed by atoms with E-state index >= 15 is 0 Å². The van der Waals surface area contributed by atoms with Gasteiger partial charge in [-0.1, -0.05) is 18.2 Å². The van der Waals surface area contributed by atoms with Gasteiger partial charge in [0.05, 0.1) is 0 Å². The third kappa shape index (κ3) is 8.59. The van der Waals surface area contributed by atoms with Crippen molar-refractivity contribution >= 4 is 53.3 Å². The fraction of sp³-hybridized carbons (Fsp3) is 0.579. The molecule has 2 N–H and O–H groups in total. The minimum Gasteiger partial charge on any atom is -0.369 e. The number of rotatable bonds is 7. The lowest BCUT2D eigenvalue weighted by atomic mass is 10.1. The summed E-state index contributed by atoms with van der Waals surface area (Å²) in [7, 11) is 3.51. The first-order valence-corrected chi connectivity index (χ1v) is 10.5. The number of carbonyl (C=O) groups excluding carboxylic acids is 1. The second-order valence-electron chi connectivity index (χ2n) is 6.64. The number of benzene rings is 1. The lowest BCUT2D eigenvalue weighted by molar-refractivity contribution is -0.127. The van der Waals surface area contributed by atoms with E-state index in [4.69, 9.17) is 0 Å². The summed E-state index contributed by atoms with van der Waals surface area (Å²) in [5.41, 5.74) is 1.26. The standard InChI is InChI=1S/C19H31N5OS.HI/c1-23(2)18(25)14-21-19(20-11-13-26-3)22-16-8-7-12-24(15-16)17-9-5-4-6-10-17;/h4-6,9-10,16H,7-8,11-15H2,1-3H3,(H2,20,21,22);1H. The average Bonchev–Trinajstić information content (AvgIpc) is 2.66. The van der Waals surface area contributed by atoms with Crippen molar-refractivity contribution in [2.24, 2.45) is 4.99 Å². The zero-order chi connectivity index (χ0) is 18.8. The van der Waals surface area contributed by atoms with Gasteiger partial charge in [-0.3, -0.25) is 4.79 Å². The van der Waals surface area contributed by atoms with Gasteiger partial charge in [-0.25, -0.2) is 4.99 Å². The van der Waals surface area contributed by atoms with Crippen molar-refractivity contribution in [3.63, 3.8) is 0 Å². The molecule has 8 heteroatoms. The Labute approximate surface area is 184 Å². The first kappa shape index (κ1) is 23.9. The van der Waals surface area contributed by atoms with Gasteiger partial charge in [-0.2, -0.15) is 11.8 Å². The number of nitrogens with zero attached hydrogens (tertiary/aromatic N) is 3. The third-order valence-corrected chi connectivity index (χ3v) is 4.97. The van der Waals surface area contributed by atoms with Gasteiger partial charge < -0.3 is 20.4 Å². The summed E-state index contributed by atoms with van der Waals surface area (Å²) < 4.78 is 0. The van der Waals surface area contributed by atoms with Crippen LogP contribution < -0.4 is 15.5 Å². The highest BCUT2D eigenvalue weighted by Gasteiger charge is 2.21. The van der Waals surface area contributed by atoms with Gasteiger partial charge in [0.2, 0.25) is 5.91 Å². The van der Waals surface area contributed by atoms with Crippen LogP contribution in [0.1, 0.15) is 12.8 Å². The summed E-state index contributed by atoms with van der Waals surface area (Å²) in [6.07, 6.45) is 4.33. The van der Waals surface area contributed by atoms with Crippen molar-refractivity contribution in [1.82, 2.24) is 15.5 Å². The molecule has 0 spiro atoms. The molecule has 1 aliphatic rings. The number of thioether (sulfide) groups is 1. The van der Waals surface area contributed by atoms with Crippen molar-refractivity contribution in [2.45, 2.75) is 18.9 Å². The Morgan fingerprint density at radius 3 is 2.74 bits per heavy atom. The Hall–Kier alpha value is -1.16. The van der Waals surface area contributed by atoms with Crippen LogP contribution in [0.4, 0.5) is 5.69 Å². The number of amides is 1. The molecule has 1 saturated heterocycles. The maximum atomic E-state index is 11.9. The number of carbonyl (C=O) groups is 1. The van der Waals surface area contributed by atoms with E-state index in [2.05, 4.69) is 51.0 Å². The Kier molecular flexibility index (Phi) is 11.6. The average molecular weight is 505 g/mol. The van der Waals surface area contributed by atoms with Gasteiger partial charge in [0, 0.05) is 51.2 Å². The Morgan fingerprint density at radius 1 is 1.33 bits per heavy atom. The number of hydrogen-bond acceptors (Lipinski definition) is 4. The molecule has 6 nitrogen and oxygen atoms in total. The zero-order valence-corrected chi connectivity index (χ0v) is 19.6. The molecule has 2 rings (SSSR count). The molecule has 0 aromatic heterocycles. The monoisotopic (exact) mass is 505 g/mol. The van der Waals surface area contributed by atoms with Crippen LogP contribution in [-0.2, 0) is 4.79 Å². The lowest BCUT2D eigenvalue weighted by Gasteiger charge is -2.35. The Bertz CT molecular complexity index is 585. The van der Waals surface area contributed by atoms with E-state index < -0.39 is 0 Å². The first-order valence-electron chi connectivity index (χ1n) is 9.14. The van der Waals surface area contributed by atoms with Gasteiger partial charge in [-0.05, 0) is 31.2 Å². The molecule has 0 aliphatic carbocycles. The third-order valence-electron chi connectivity index (χ3n) is 4.35. The maximum Gasteiger partial charge on any atom is 0.243 e. The molecule has 1 aromatic rings. The van der Waals surface area contributed by atoms with Gasteiger partial charge in [0.1, 0.15) is 6.54 Å². The summed E-state index contributed by atoms with van der Waals surface area (Å²) in [4.78, 5) is 20.3. The molecule has 27 heavy (non-hydrogen) atoms. The van der Waals surface area contributed by atoms with Crippen LogP contribution in [0.3, 0.4) is 0 Å². The molecule has 0 radical (unpaired) electrons. The van der Waals surface area contributed by atoms with Gasteiger partial charge >= 0.3 is 0 Å². The summed E-state index contributed by atoms with van der Waals surface area (Å²) in [5.74, 6) is 1.74. The molecular weight excluding hydrogens is 473 g/mol. The summed E-state index contributed by atoms with van der Waals surface area (Å²) in [6.45, 7) is 3.01. The second-order valence-corrected chi connectivity index (χ2v) is 7.62. The molecule has 0 bridgehead atoms. The number of likely N-dealkylation sites (N-methyl/N-ethyl adjacent to an activating group) is 1. The largest absolute Gasteiger partial charge is 0.369 e. The normalized spacial score (nSPS) is 17.1. The Balaban J connectivity index is 0.00000364. The van der Waals surface area contributed by atoms with Crippen LogP contribution in [0.15, 0.2) is 35.3 Å². The highest BCUT2D eigenvalue weighted by Crippen LogP contribution is 2.19. The van der Waals surface area contributed by atoms with Crippen molar-refractivity contribution < 1.29 is 4.79 Å². The lowest BCUT2D eigenvalue weighted by Crippen LogP contribution is -2.51. The van der Waals surface area contributed by atoms with Crippen LogP contribution in [-0.4, -0.2) is 75.1 Å². The van der Waals surface area contributed by atoms with Gasteiger partial charge in [-0.15, -0.1) is 24.0 Å². The van der Waals surface area contributed by atoms with E-state index in [0.717, 1.165) is 44.2 Å². The van der Waals surface area contributed by atoms with E-state index in [1.165, 1.54) is 5.69 Å². The molecule has 1 fully saturated rings. The minimum atomic E-state index is 0. The molecule has 0 saturated carbocycles. The van der Waals surface area contributed by atoms with Crippen LogP contribution in [0.2, 0.25) is 0 Å². The van der Waals surface area contributed by atoms with Crippen molar-refractivity contribution in [2.75, 3.05) is 57.2 Å². The molecule has 152 valence electrons. The molecule has 1 atom stereocenters. The highest BCUT2D eigenvalue weighted by atomic mass is 127. The predicted molar refractivity (Wildman–Crippen MR) is 128 cm³/mol. The molecule has 1 aromatic carbocycles. The van der Waals surface area contributed by atoms with Gasteiger partial charge in [0.15, 0.2) is 5.96 Å². The number of piperidine rings is 1. The van der Waals surface area contributed by atoms with E-state index in [-0.39, 0.29) is 36.4 Å². The number of halogens is 1. The smallest absolute Gasteiger partial charge is 0.243 e. The van der Waals surface area contributed by atoms with Crippen molar-refractivity contribution in [1.29, 1.82) is 0 Å². The number of anilines is 1. The Morgan fingerprint density at radius 2 is 2.07 bits per heavy atom. The number of aliphatic imine (C=N–C) groups is 1. The zero-order valence-electron chi connectivity index (χ0n) is 16.5. The van der Waals surface area contributed by atoms with E-state index in [9.17, 15) is 4.79 Å². The number of guanidine groups is 1. The summed E-state index contributed by atoms with van der Waals surface area (Å²) in [5, 5.41) is 6.87. The fourth-order valence-electron chi connectivity index (χ4n) is 2.87. The molecule has 1 heterocycles. The van der Waals surface area contributed by atoms with E-state index in [1.54, 1.807) is 30.8 Å². The SMILES string of the molecule is CSCCNC(=NCC(=O)N(C)C)NC1CCCN(c2ccccc2)C1.I. The predicted octanol–water partition coefficient (Wildman–Crippen LogP) is 2.26. The molecule has 1 aliphatic heterocycles. The van der Waals surface area contributed by atoms with Crippen LogP contribution >= 0.6 is 35.7 Å². The number of para-hydroxylation sites is 1. The van der Waals surface area contributed by atoms with E-state index in [0.29, 0.717) is 6.04 Å². The number of hydrogen-bond donors (Lipinski definition) is 2. The molecule has 1 unspecified atom stereocenters. The van der Waals surface area contributed by atoms with E-state index in [1.807, 2.05) is 6.07 Å². The number of nitrogens with one attached hydrogen (secondary N) is 2. The molecular formula is C19H32IN5OS. The minimum absolute atomic E-state index is 0. The first-order chi connectivity index (χ1) is 12.6. The van der Waals surface area contributed by atoms with Crippen LogP contribution in [0, 0.1) is 0 Å². The summed E-state index contributed by atoms with van der Waals surface area (Å²) >= 11 is 1.79.